The first-order chi connectivity index (χ1) is 36.7. The number of hydrogen-bond donors (Lipinski definition) is 4. The minimum atomic E-state index is -0.297. The first-order valence-electron chi connectivity index (χ1n) is 25.1. The van der Waals surface area contributed by atoms with Gasteiger partial charge in [-0.2, -0.15) is 0 Å². The summed E-state index contributed by atoms with van der Waals surface area (Å²) in [6.07, 6.45) is 10.2. The van der Waals surface area contributed by atoms with E-state index in [1.54, 1.807) is 26.6 Å². The minimum Gasteiger partial charge on any atom is -0.494 e. The van der Waals surface area contributed by atoms with Crippen molar-refractivity contribution in [3.8, 4) is 34.0 Å². The second-order valence-corrected chi connectivity index (χ2v) is 18.4. The fraction of sp³-hybridized carbons (Fsp3) is 0.276. The molecule has 8 aromatic rings. The van der Waals surface area contributed by atoms with E-state index in [4.69, 9.17) is 19.4 Å². The normalized spacial score (nSPS) is 10.9. The molecule has 404 valence electrons. The number of para-hydroxylation sites is 2. The van der Waals surface area contributed by atoms with Gasteiger partial charge in [-0.1, -0.05) is 49.6 Å². The van der Waals surface area contributed by atoms with Crippen molar-refractivity contribution < 1.29 is 19.1 Å². The third-order valence-corrected chi connectivity index (χ3v) is 12.7. The number of amides is 2. The van der Waals surface area contributed by atoms with E-state index >= 15 is 0 Å². The number of hydrogen-bond acceptors (Lipinski definition) is 14. The summed E-state index contributed by atoms with van der Waals surface area (Å²) in [5.41, 5.74) is 10.2. The van der Waals surface area contributed by atoms with E-state index in [0.29, 0.717) is 46.1 Å². The average molecular weight is 1060 g/mol. The van der Waals surface area contributed by atoms with E-state index < -0.39 is 0 Å². The van der Waals surface area contributed by atoms with Gasteiger partial charge < -0.3 is 59.5 Å². The first-order valence-corrected chi connectivity index (χ1v) is 25.1. The molecule has 19 heteroatoms. The predicted molar refractivity (Wildman–Crippen MR) is 318 cm³/mol. The van der Waals surface area contributed by atoms with Gasteiger partial charge in [0.15, 0.2) is 0 Å². The number of nitrogens with one attached hydrogen (secondary N) is 4. The zero-order chi connectivity index (χ0) is 54.5. The SMILES string of the molecule is C=CC(=O)Nc1cc(Nc2nccc(-c3cn(CC)c4ccccc34)n2)c(OC)cc1N(C)CCN(C)C.C=CC(=O)Nc1cc(Nc2nccc(-c3cn(CC)c4ccccc34)n2)c(OC)cc1N(C)CCN(C)C.Cl. The van der Waals surface area contributed by atoms with Crippen molar-refractivity contribution in [1.29, 1.82) is 0 Å². The minimum absolute atomic E-state index is 0. The molecule has 0 aliphatic carbocycles. The summed E-state index contributed by atoms with van der Waals surface area (Å²) in [6, 6.07) is 27.9. The molecule has 0 saturated carbocycles. The summed E-state index contributed by atoms with van der Waals surface area (Å²) >= 11 is 0. The molecule has 4 heterocycles. The van der Waals surface area contributed by atoms with Crippen molar-refractivity contribution in [3.63, 3.8) is 0 Å². The van der Waals surface area contributed by atoms with E-state index in [0.717, 1.165) is 95.0 Å². The second kappa shape index (κ2) is 26.9. The van der Waals surface area contributed by atoms with Crippen LogP contribution in [0.25, 0.3) is 44.3 Å². The van der Waals surface area contributed by atoms with Crippen molar-refractivity contribution >= 4 is 92.0 Å². The molecule has 77 heavy (non-hydrogen) atoms. The van der Waals surface area contributed by atoms with Crippen LogP contribution in [0, 0.1) is 0 Å². The Labute approximate surface area is 457 Å². The van der Waals surface area contributed by atoms with Gasteiger partial charge in [0, 0.05) is 123 Å². The lowest BCUT2D eigenvalue weighted by Gasteiger charge is -2.26. The third kappa shape index (κ3) is 14.1. The Morgan fingerprint density at radius 3 is 1.31 bits per heavy atom. The van der Waals surface area contributed by atoms with Gasteiger partial charge in [0.25, 0.3) is 0 Å². The molecule has 0 bridgehead atoms. The Kier molecular flexibility index (Phi) is 20.2. The van der Waals surface area contributed by atoms with Gasteiger partial charge in [0.2, 0.25) is 23.7 Å². The number of benzene rings is 4. The van der Waals surface area contributed by atoms with Crippen LogP contribution in [0.3, 0.4) is 0 Å². The van der Waals surface area contributed by atoms with Crippen LogP contribution >= 0.6 is 12.4 Å². The summed E-state index contributed by atoms with van der Waals surface area (Å²) in [4.78, 5) is 51.4. The van der Waals surface area contributed by atoms with E-state index in [1.165, 1.54) is 12.2 Å². The summed E-state index contributed by atoms with van der Waals surface area (Å²) in [7, 11) is 15.3. The predicted octanol–water partition coefficient (Wildman–Crippen LogP) is 10.4. The van der Waals surface area contributed by atoms with Gasteiger partial charge in [-0.25, -0.2) is 19.9 Å². The van der Waals surface area contributed by atoms with Crippen molar-refractivity contribution in [1.82, 2.24) is 38.9 Å². The number of aromatic nitrogens is 6. The fourth-order valence-electron chi connectivity index (χ4n) is 8.62. The smallest absolute Gasteiger partial charge is 0.247 e. The third-order valence-electron chi connectivity index (χ3n) is 12.7. The molecule has 4 aromatic heterocycles. The Balaban J connectivity index is 0.000000246. The van der Waals surface area contributed by atoms with Crippen LogP contribution in [-0.2, 0) is 22.7 Å². The van der Waals surface area contributed by atoms with Crippen molar-refractivity contribution in [2.45, 2.75) is 26.9 Å². The van der Waals surface area contributed by atoms with E-state index in [2.05, 4.69) is 124 Å². The van der Waals surface area contributed by atoms with E-state index in [1.807, 2.05) is 103 Å². The lowest BCUT2D eigenvalue weighted by molar-refractivity contribution is -0.112. The molecule has 0 aliphatic rings. The number of carbonyl (C=O) groups is 2. The van der Waals surface area contributed by atoms with Crippen LogP contribution in [0.5, 0.6) is 11.5 Å². The molecule has 0 atom stereocenters. The topological polar surface area (TPSA) is 175 Å². The van der Waals surface area contributed by atoms with E-state index in [-0.39, 0.29) is 24.2 Å². The maximum Gasteiger partial charge on any atom is 0.247 e. The van der Waals surface area contributed by atoms with Gasteiger partial charge in [-0.3, -0.25) is 9.59 Å². The van der Waals surface area contributed by atoms with Crippen LogP contribution in [0.15, 0.2) is 135 Å². The molecule has 2 amide bonds. The zero-order valence-electron chi connectivity index (χ0n) is 45.7. The highest BCUT2D eigenvalue weighted by Crippen LogP contribution is 2.40. The highest BCUT2D eigenvalue weighted by atomic mass is 35.5. The van der Waals surface area contributed by atoms with Crippen LogP contribution in [0.4, 0.5) is 46.0 Å². The summed E-state index contributed by atoms with van der Waals surface area (Å²) in [5, 5.41) is 14.7. The van der Waals surface area contributed by atoms with Gasteiger partial charge in [0.1, 0.15) is 11.5 Å². The number of nitrogens with zero attached hydrogens (tertiary/aromatic N) is 10. The molecule has 4 aromatic carbocycles. The molecule has 0 aliphatic heterocycles. The van der Waals surface area contributed by atoms with Gasteiger partial charge >= 0.3 is 0 Å². The monoisotopic (exact) mass is 1060 g/mol. The number of anilines is 8. The zero-order valence-corrected chi connectivity index (χ0v) is 46.5. The highest BCUT2D eigenvalue weighted by Gasteiger charge is 2.20. The Bertz CT molecular complexity index is 3120. The summed E-state index contributed by atoms with van der Waals surface area (Å²) in [5.74, 6) is 1.45. The van der Waals surface area contributed by atoms with Crippen molar-refractivity contribution in [2.24, 2.45) is 0 Å². The molecule has 8 rings (SSSR count). The van der Waals surface area contributed by atoms with Crippen LogP contribution in [0.2, 0.25) is 0 Å². The molecule has 18 nitrogen and oxygen atoms in total. The van der Waals surface area contributed by atoms with Gasteiger partial charge in [-0.15, -0.1) is 12.4 Å². The van der Waals surface area contributed by atoms with Gasteiger partial charge in [-0.05, 0) is 90.6 Å². The Hall–Kier alpha value is -8.45. The van der Waals surface area contributed by atoms with Crippen LogP contribution in [-0.4, -0.2) is 133 Å². The Morgan fingerprint density at radius 2 is 0.961 bits per heavy atom. The fourth-order valence-corrected chi connectivity index (χ4v) is 8.62. The van der Waals surface area contributed by atoms with Crippen LogP contribution in [0.1, 0.15) is 13.8 Å². The molecule has 0 fully saturated rings. The molecule has 0 unspecified atom stereocenters. The maximum absolute atomic E-state index is 12.2. The molecular formula is C58H71ClN14O4. The largest absolute Gasteiger partial charge is 0.494 e. The number of halogens is 1. The van der Waals surface area contributed by atoms with Crippen LogP contribution < -0.4 is 40.5 Å². The van der Waals surface area contributed by atoms with Crippen molar-refractivity contribution in [3.05, 3.63) is 135 Å². The number of likely N-dealkylation sites (N-methyl/N-ethyl adjacent to an activating group) is 4. The lowest BCUT2D eigenvalue weighted by Crippen LogP contribution is -2.29. The second-order valence-electron chi connectivity index (χ2n) is 18.4. The number of methoxy groups -OCH3 is 2. The molecule has 0 radical (unpaired) electrons. The number of fused-ring (bicyclic) bond motifs is 2. The molecule has 4 N–H and O–H groups in total. The quantitative estimate of drug-likeness (QED) is 0.0472. The number of rotatable bonds is 22. The summed E-state index contributed by atoms with van der Waals surface area (Å²) in [6.45, 7) is 16.4. The van der Waals surface area contributed by atoms with Crippen molar-refractivity contribution in [2.75, 3.05) is 114 Å². The Morgan fingerprint density at radius 1 is 0.571 bits per heavy atom. The number of ether oxygens (including phenoxy) is 2. The highest BCUT2D eigenvalue weighted by molar-refractivity contribution is 6.03. The van der Waals surface area contributed by atoms with Gasteiger partial charge in [0.05, 0.1) is 59.7 Å². The maximum atomic E-state index is 12.2. The first kappa shape index (κ1) is 57.8. The number of aryl methyl sites for hydroxylation is 2. The lowest BCUT2D eigenvalue weighted by atomic mass is 10.1. The van der Waals surface area contributed by atoms with E-state index in [9.17, 15) is 9.59 Å². The standard InChI is InChI=1S/2C29H35N7O2.ClH/c2*1-7-28(37)31-23-17-24(27(38-6)18-26(23)35(5)16-15-34(3)4)33-29-30-14-13-22(32-29)21-19-36(8-2)25-12-10-9-11-20(21)25;/h2*7,9-14,17-19H,1,8,15-16H2,2-6H3,(H,31,37)(H,30,32,33);1H. The molecular weight excluding hydrogens is 992 g/mol. The molecule has 0 spiro atoms. The summed E-state index contributed by atoms with van der Waals surface area (Å²) < 4.78 is 15.9. The molecule has 0 saturated heterocycles. The number of carbonyl (C=O) groups excluding carboxylic acids is 2. The average Bonchev–Trinajstić information content (AvgIpc) is 4.01.